The summed E-state index contributed by atoms with van der Waals surface area (Å²) in [5.74, 6) is 0. The summed E-state index contributed by atoms with van der Waals surface area (Å²) >= 11 is 0. The van der Waals surface area contributed by atoms with Gasteiger partial charge in [0.1, 0.15) is 24.4 Å². The largest absolute Gasteiger partial charge is 0.394 e. The molecule has 1 heterocycles. The van der Waals surface area contributed by atoms with Gasteiger partial charge in [0, 0.05) is 0 Å². The molecule has 7 nitrogen and oxygen atoms in total. The maximum atomic E-state index is 9.63. The molecule has 0 saturated carbocycles. The zero-order chi connectivity index (χ0) is 13.2. The second-order valence-electron chi connectivity index (χ2n) is 4.28. The predicted molar refractivity (Wildman–Crippen MR) is 56.0 cm³/mol. The third-order valence-corrected chi connectivity index (χ3v) is 2.88. The summed E-state index contributed by atoms with van der Waals surface area (Å²) in [6.07, 6.45) is -7.90. The number of aliphatic hydroxyl groups excluding tert-OH is 5. The van der Waals surface area contributed by atoms with Crippen molar-refractivity contribution >= 4 is 0 Å². The molecule has 0 bridgehead atoms. The molecule has 7 atom stereocenters. The minimum absolute atomic E-state index is 0.506. The highest BCUT2D eigenvalue weighted by molar-refractivity contribution is 4.89. The second kappa shape index (κ2) is 6.05. The van der Waals surface area contributed by atoms with Crippen molar-refractivity contribution in [3.05, 3.63) is 0 Å². The van der Waals surface area contributed by atoms with Crippen molar-refractivity contribution < 1.29 is 35.0 Å². The third-order valence-electron chi connectivity index (χ3n) is 2.88. The molecule has 1 aliphatic heterocycles. The molecule has 1 fully saturated rings. The average molecular weight is 252 g/mol. The van der Waals surface area contributed by atoms with E-state index in [0.717, 1.165) is 0 Å². The molecule has 0 aliphatic carbocycles. The first-order chi connectivity index (χ1) is 7.88. The van der Waals surface area contributed by atoms with Crippen LogP contribution in [0.1, 0.15) is 13.8 Å². The number of hydrogen-bond acceptors (Lipinski definition) is 7. The fourth-order valence-electron chi connectivity index (χ4n) is 1.51. The van der Waals surface area contributed by atoms with Gasteiger partial charge >= 0.3 is 0 Å². The molecule has 1 aliphatic rings. The lowest BCUT2D eigenvalue weighted by Gasteiger charge is -2.40. The fraction of sp³-hybridized carbons (Fsp3) is 1.00. The molecule has 1 rings (SSSR count). The first kappa shape index (κ1) is 14.8. The summed E-state index contributed by atoms with van der Waals surface area (Å²) in [6.45, 7) is 2.58. The molecule has 0 amide bonds. The predicted octanol–water partition coefficient (Wildman–Crippen LogP) is -2.43. The lowest BCUT2D eigenvalue weighted by atomic mass is 9.99. The fourth-order valence-corrected chi connectivity index (χ4v) is 1.51. The van der Waals surface area contributed by atoms with Gasteiger partial charge in [0.25, 0.3) is 0 Å². The van der Waals surface area contributed by atoms with Crippen LogP contribution in [-0.2, 0) is 9.47 Å². The number of hydrogen-bond donors (Lipinski definition) is 5. The van der Waals surface area contributed by atoms with Crippen LogP contribution in [0.3, 0.4) is 0 Å². The molecule has 7 heteroatoms. The van der Waals surface area contributed by atoms with Gasteiger partial charge in [0.2, 0.25) is 0 Å². The van der Waals surface area contributed by atoms with Gasteiger partial charge in [-0.1, -0.05) is 0 Å². The molecule has 5 N–H and O–H groups in total. The summed E-state index contributed by atoms with van der Waals surface area (Å²) in [5.41, 5.74) is 0. The minimum atomic E-state index is -1.47. The van der Waals surface area contributed by atoms with Crippen LogP contribution < -0.4 is 0 Å². The summed E-state index contributed by atoms with van der Waals surface area (Å²) in [7, 11) is 0. The highest BCUT2D eigenvalue weighted by Gasteiger charge is 2.44. The van der Waals surface area contributed by atoms with Gasteiger partial charge in [-0.3, -0.25) is 0 Å². The van der Waals surface area contributed by atoms with E-state index < -0.39 is 49.5 Å². The van der Waals surface area contributed by atoms with Crippen LogP contribution in [0.4, 0.5) is 0 Å². The summed E-state index contributed by atoms with van der Waals surface area (Å²) in [5, 5.41) is 46.8. The zero-order valence-electron chi connectivity index (χ0n) is 9.80. The van der Waals surface area contributed by atoms with E-state index in [1.54, 1.807) is 6.92 Å². The van der Waals surface area contributed by atoms with Crippen molar-refractivity contribution in [2.75, 3.05) is 6.61 Å². The first-order valence-electron chi connectivity index (χ1n) is 5.52. The van der Waals surface area contributed by atoms with Crippen LogP contribution in [0.5, 0.6) is 0 Å². The average Bonchev–Trinajstić information content (AvgIpc) is 2.29. The lowest BCUT2D eigenvalue weighted by Crippen LogP contribution is -2.59. The van der Waals surface area contributed by atoms with Crippen LogP contribution in [0.25, 0.3) is 0 Å². The monoisotopic (exact) mass is 252 g/mol. The van der Waals surface area contributed by atoms with E-state index in [2.05, 4.69) is 0 Å². The number of aliphatic hydroxyl groups is 5. The van der Waals surface area contributed by atoms with Gasteiger partial charge in [-0.2, -0.15) is 0 Å². The number of rotatable bonds is 4. The minimum Gasteiger partial charge on any atom is -0.394 e. The van der Waals surface area contributed by atoms with E-state index in [1.165, 1.54) is 6.92 Å². The molecule has 0 radical (unpaired) electrons. The van der Waals surface area contributed by atoms with Gasteiger partial charge in [-0.05, 0) is 13.8 Å². The Morgan fingerprint density at radius 2 is 1.71 bits per heavy atom. The van der Waals surface area contributed by atoms with Gasteiger partial charge in [0.05, 0.1) is 18.8 Å². The van der Waals surface area contributed by atoms with E-state index in [4.69, 9.17) is 14.6 Å². The maximum absolute atomic E-state index is 9.63. The van der Waals surface area contributed by atoms with Crippen molar-refractivity contribution in [1.82, 2.24) is 0 Å². The van der Waals surface area contributed by atoms with Gasteiger partial charge in [-0.25, -0.2) is 0 Å². The number of ether oxygens (including phenoxy) is 2. The maximum Gasteiger partial charge on any atom is 0.187 e. The smallest absolute Gasteiger partial charge is 0.187 e. The Hall–Kier alpha value is -0.280. The standard InChI is InChI=1S/C10H20O7/c1-4(12)5(2)16-10-9(15)8(14)7(13)6(3-11)17-10/h4-15H,3H2,1-2H3. The summed E-state index contributed by atoms with van der Waals surface area (Å²) in [4.78, 5) is 0. The van der Waals surface area contributed by atoms with Crippen LogP contribution in [-0.4, -0.2) is 75.1 Å². The molecule has 0 aromatic rings. The Labute approximate surface area is 99.2 Å². The van der Waals surface area contributed by atoms with Crippen LogP contribution >= 0.6 is 0 Å². The highest BCUT2D eigenvalue weighted by Crippen LogP contribution is 2.23. The third kappa shape index (κ3) is 3.35. The Morgan fingerprint density at radius 1 is 1.12 bits per heavy atom. The van der Waals surface area contributed by atoms with Crippen LogP contribution in [0, 0.1) is 0 Å². The molecule has 1 saturated heterocycles. The molecular formula is C10H20O7. The molecule has 7 unspecified atom stereocenters. The van der Waals surface area contributed by atoms with E-state index in [0.29, 0.717) is 0 Å². The Kier molecular flexibility index (Phi) is 5.26. The van der Waals surface area contributed by atoms with E-state index in [1.807, 2.05) is 0 Å². The van der Waals surface area contributed by atoms with E-state index in [-0.39, 0.29) is 0 Å². The van der Waals surface area contributed by atoms with Crippen LogP contribution in [0.15, 0.2) is 0 Å². The van der Waals surface area contributed by atoms with Crippen molar-refractivity contribution in [3.8, 4) is 0 Å². The van der Waals surface area contributed by atoms with Crippen molar-refractivity contribution in [2.45, 2.75) is 56.8 Å². The van der Waals surface area contributed by atoms with Gasteiger partial charge < -0.3 is 35.0 Å². The normalized spacial score (nSPS) is 42.2. The second-order valence-corrected chi connectivity index (χ2v) is 4.28. The quantitative estimate of drug-likeness (QED) is 0.377. The van der Waals surface area contributed by atoms with Gasteiger partial charge in [0.15, 0.2) is 6.29 Å². The summed E-state index contributed by atoms with van der Waals surface area (Å²) < 4.78 is 10.3. The van der Waals surface area contributed by atoms with Crippen molar-refractivity contribution in [2.24, 2.45) is 0 Å². The van der Waals surface area contributed by atoms with Gasteiger partial charge in [-0.15, -0.1) is 0 Å². The Morgan fingerprint density at radius 3 is 2.18 bits per heavy atom. The molecule has 0 spiro atoms. The van der Waals surface area contributed by atoms with E-state index in [9.17, 15) is 20.4 Å². The first-order valence-corrected chi connectivity index (χ1v) is 5.52. The Bertz CT molecular complexity index is 231. The topological polar surface area (TPSA) is 120 Å². The lowest BCUT2D eigenvalue weighted by molar-refractivity contribution is -0.314. The SMILES string of the molecule is CC(O)C(C)OC1OC(CO)C(O)C(O)C1O. The van der Waals surface area contributed by atoms with Crippen LogP contribution in [0.2, 0.25) is 0 Å². The molecular weight excluding hydrogens is 232 g/mol. The molecule has 0 aromatic heterocycles. The Balaban J connectivity index is 2.65. The summed E-state index contributed by atoms with van der Waals surface area (Å²) in [6, 6.07) is 0. The molecule has 17 heavy (non-hydrogen) atoms. The molecule has 102 valence electrons. The molecule has 0 aromatic carbocycles. The van der Waals surface area contributed by atoms with Crippen molar-refractivity contribution in [1.29, 1.82) is 0 Å². The van der Waals surface area contributed by atoms with Crippen molar-refractivity contribution in [3.63, 3.8) is 0 Å². The highest BCUT2D eigenvalue weighted by atomic mass is 16.7. The van der Waals surface area contributed by atoms with E-state index >= 15 is 0 Å². The zero-order valence-corrected chi connectivity index (χ0v) is 9.80.